The number of phenols is 1. The van der Waals surface area contributed by atoms with Crippen molar-refractivity contribution in [2.75, 3.05) is 11.9 Å². The molecule has 178 valence electrons. The minimum atomic E-state index is 0.268. The van der Waals surface area contributed by atoms with E-state index in [2.05, 4.69) is 37.8 Å². The SMILES string of the molecule is Cn1nnc(-c2ccc3c(c2)[nH]c2nc(Cc4ccccc4)nc(NCCc4ccc(O)cc4)c23)n1. The topological polar surface area (TPSA) is 117 Å². The highest BCUT2D eigenvalue weighted by Gasteiger charge is 2.16. The number of aryl methyl sites for hydroxylation is 1. The van der Waals surface area contributed by atoms with Gasteiger partial charge in [-0.25, -0.2) is 9.97 Å². The summed E-state index contributed by atoms with van der Waals surface area (Å²) in [6.45, 7) is 0.690. The molecule has 3 heterocycles. The first kappa shape index (κ1) is 21.7. The Labute approximate surface area is 206 Å². The van der Waals surface area contributed by atoms with Crippen LogP contribution in [0.25, 0.3) is 33.3 Å². The molecule has 0 spiro atoms. The van der Waals surface area contributed by atoms with E-state index in [1.54, 1.807) is 19.2 Å². The molecule has 0 fully saturated rings. The number of nitrogens with zero attached hydrogens (tertiary/aromatic N) is 6. The number of hydrogen-bond acceptors (Lipinski definition) is 7. The molecule has 0 aliphatic carbocycles. The van der Waals surface area contributed by atoms with Crippen LogP contribution < -0.4 is 5.32 Å². The van der Waals surface area contributed by atoms with E-state index in [1.807, 2.05) is 48.5 Å². The molecule has 0 radical (unpaired) electrons. The lowest BCUT2D eigenvalue weighted by Crippen LogP contribution is -2.09. The number of phenolic OH excluding ortho intramolecular Hbond substituents is 1. The minimum absolute atomic E-state index is 0.268. The number of hydrogen-bond donors (Lipinski definition) is 3. The van der Waals surface area contributed by atoms with Gasteiger partial charge in [0.15, 0.2) is 0 Å². The molecule has 0 aliphatic heterocycles. The van der Waals surface area contributed by atoms with Gasteiger partial charge >= 0.3 is 0 Å². The summed E-state index contributed by atoms with van der Waals surface area (Å²) in [5.41, 5.74) is 4.88. The average molecular weight is 477 g/mol. The number of nitrogens with one attached hydrogen (secondary N) is 2. The van der Waals surface area contributed by atoms with E-state index in [0.29, 0.717) is 18.8 Å². The van der Waals surface area contributed by atoms with Gasteiger partial charge in [-0.1, -0.05) is 54.6 Å². The molecule has 0 unspecified atom stereocenters. The van der Waals surface area contributed by atoms with Gasteiger partial charge in [0, 0.05) is 29.4 Å². The lowest BCUT2D eigenvalue weighted by molar-refractivity contribution is 0.475. The molecular formula is C27H24N8O. The molecule has 6 rings (SSSR count). The van der Waals surface area contributed by atoms with Gasteiger partial charge in [0.05, 0.1) is 12.4 Å². The number of benzene rings is 3. The molecule has 3 N–H and O–H groups in total. The summed E-state index contributed by atoms with van der Waals surface area (Å²) < 4.78 is 0. The van der Waals surface area contributed by atoms with Gasteiger partial charge in [-0.3, -0.25) is 0 Å². The zero-order valence-electron chi connectivity index (χ0n) is 19.7. The van der Waals surface area contributed by atoms with Gasteiger partial charge in [-0.15, -0.1) is 10.2 Å². The fourth-order valence-corrected chi connectivity index (χ4v) is 4.36. The molecule has 0 aliphatic rings. The Morgan fingerprint density at radius 2 is 1.78 bits per heavy atom. The maximum Gasteiger partial charge on any atom is 0.204 e. The standard InChI is InChI=1S/C27H24N8O/c1-35-33-25(32-34-35)19-9-12-21-22(16-19)29-27-24(21)26(28-14-13-17-7-10-20(36)11-8-17)30-23(31-27)15-18-5-3-2-4-6-18/h2-12,16,36H,13-15H2,1H3,(H2,28,29,30,31). The number of anilines is 1. The van der Waals surface area contributed by atoms with Gasteiger partial charge in [0.25, 0.3) is 0 Å². The Morgan fingerprint density at radius 3 is 2.56 bits per heavy atom. The van der Waals surface area contributed by atoms with Crippen LogP contribution in [0.2, 0.25) is 0 Å². The van der Waals surface area contributed by atoms with E-state index in [1.165, 1.54) is 4.80 Å². The minimum Gasteiger partial charge on any atom is -0.508 e. The van der Waals surface area contributed by atoms with Crippen LogP contribution in [0, 0.1) is 0 Å². The van der Waals surface area contributed by atoms with E-state index in [0.717, 1.165) is 56.7 Å². The molecule has 3 aromatic carbocycles. The van der Waals surface area contributed by atoms with E-state index in [9.17, 15) is 5.11 Å². The lowest BCUT2D eigenvalue weighted by atomic mass is 10.1. The fourth-order valence-electron chi connectivity index (χ4n) is 4.36. The van der Waals surface area contributed by atoms with Crippen LogP contribution in [0.15, 0.2) is 72.8 Å². The van der Waals surface area contributed by atoms with Gasteiger partial charge in [-0.05, 0) is 41.0 Å². The van der Waals surface area contributed by atoms with E-state index < -0.39 is 0 Å². The Kier molecular flexibility index (Phi) is 5.49. The predicted octanol–water partition coefficient (Wildman–Crippen LogP) is 4.25. The number of aromatic nitrogens is 7. The number of H-pyrrole nitrogens is 1. The van der Waals surface area contributed by atoms with Gasteiger partial charge in [0.1, 0.15) is 23.0 Å². The Balaban J connectivity index is 1.38. The van der Waals surface area contributed by atoms with Crippen LogP contribution in [0.3, 0.4) is 0 Å². The van der Waals surface area contributed by atoms with Crippen LogP contribution >= 0.6 is 0 Å². The fraction of sp³-hybridized carbons (Fsp3) is 0.148. The Hall–Kier alpha value is -4.79. The first-order valence-electron chi connectivity index (χ1n) is 11.7. The normalized spacial score (nSPS) is 11.4. The molecule has 0 bridgehead atoms. The summed E-state index contributed by atoms with van der Waals surface area (Å²) in [6.07, 6.45) is 1.43. The second kappa shape index (κ2) is 9.10. The van der Waals surface area contributed by atoms with Crippen molar-refractivity contribution >= 4 is 27.8 Å². The van der Waals surface area contributed by atoms with Crippen molar-refractivity contribution < 1.29 is 5.11 Å². The van der Waals surface area contributed by atoms with E-state index >= 15 is 0 Å². The molecule has 36 heavy (non-hydrogen) atoms. The van der Waals surface area contributed by atoms with Gasteiger partial charge < -0.3 is 15.4 Å². The molecule has 9 nitrogen and oxygen atoms in total. The summed E-state index contributed by atoms with van der Waals surface area (Å²) >= 11 is 0. The summed E-state index contributed by atoms with van der Waals surface area (Å²) in [5, 5.41) is 27.5. The van der Waals surface area contributed by atoms with Crippen molar-refractivity contribution in [1.29, 1.82) is 0 Å². The first-order chi connectivity index (χ1) is 17.6. The molecule has 9 heteroatoms. The monoisotopic (exact) mass is 476 g/mol. The van der Waals surface area contributed by atoms with Crippen molar-refractivity contribution in [1.82, 2.24) is 35.2 Å². The first-order valence-corrected chi connectivity index (χ1v) is 11.7. The van der Waals surface area contributed by atoms with Crippen molar-refractivity contribution in [2.45, 2.75) is 12.8 Å². The second-order valence-corrected chi connectivity index (χ2v) is 8.71. The van der Waals surface area contributed by atoms with Crippen LogP contribution in [0.4, 0.5) is 5.82 Å². The summed E-state index contributed by atoms with van der Waals surface area (Å²) in [6, 6.07) is 23.5. The van der Waals surface area contributed by atoms with E-state index in [-0.39, 0.29) is 5.75 Å². The summed E-state index contributed by atoms with van der Waals surface area (Å²) in [4.78, 5) is 14.7. The zero-order chi connectivity index (χ0) is 24.5. The van der Waals surface area contributed by atoms with E-state index in [4.69, 9.17) is 9.97 Å². The van der Waals surface area contributed by atoms with Crippen LogP contribution in [-0.4, -0.2) is 46.8 Å². The van der Waals surface area contributed by atoms with Crippen LogP contribution in [0.5, 0.6) is 5.75 Å². The predicted molar refractivity (Wildman–Crippen MR) is 139 cm³/mol. The summed E-state index contributed by atoms with van der Waals surface area (Å²) in [7, 11) is 1.75. The zero-order valence-corrected chi connectivity index (χ0v) is 19.7. The van der Waals surface area contributed by atoms with Crippen molar-refractivity contribution in [3.8, 4) is 17.1 Å². The molecule has 0 amide bonds. The average Bonchev–Trinajstić information content (AvgIpc) is 3.48. The molecule has 3 aromatic heterocycles. The third kappa shape index (κ3) is 4.34. The highest BCUT2D eigenvalue weighted by molar-refractivity contribution is 6.11. The Morgan fingerprint density at radius 1 is 0.944 bits per heavy atom. The van der Waals surface area contributed by atoms with Crippen LogP contribution in [-0.2, 0) is 19.9 Å². The maximum absolute atomic E-state index is 9.55. The van der Waals surface area contributed by atoms with Crippen LogP contribution in [0.1, 0.15) is 17.0 Å². The highest BCUT2D eigenvalue weighted by Crippen LogP contribution is 2.32. The number of fused-ring (bicyclic) bond motifs is 3. The van der Waals surface area contributed by atoms with Crippen molar-refractivity contribution in [3.63, 3.8) is 0 Å². The summed E-state index contributed by atoms with van der Waals surface area (Å²) in [5.74, 6) is 2.37. The molecule has 6 aromatic rings. The molecule has 0 atom stereocenters. The van der Waals surface area contributed by atoms with Gasteiger partial charge in [0.2, 0.25) is 5.82 Å². The number of aromatic hydroxyl groups is 1. The lowest BCUT2D eigenvalue weighted by Gasteiger charge is -2.10. The maximum atomic E-state index is 9.55. The highest BCUT2D eigenvalue weighted by atomic mass is 16.3. The molecule has 0 saturated carbocycles. The van der Waals surface area contributed by atoms with Gasteiger partial charge in [-0.2, -0.15) is 4.80 Å². The number of rotatable bonds is 7. The molecule has 0 saturated heterocycles. The Bertz CT molecular complexity index is 1660. The third-order valence-corrected chi connectivity index (χ3v) is 6.11. The quantitative estimate of drug-likeness (QED) is 0.315. The number of tetrazole rings is 1. The van der Waals surface area contributed by atoms with Crippen molar-refractivity contribution in [3.05, 3.63) is 89.7 Å². The largest absolute Gasteiger partial charge is 0.508 e. The third-order valence-electron chi connectivity index (χ3n) is 6.11. The number of aromatic amines is 1. The smallest absolute Gasteiger partial charge is 0.204 e. The second-order valence-electron chi connectivity index (χ2n) is 8.71. The molecular weight excluding hydrogens is 452 g/mol. The van der Waals surface area contributed by atoms with Crippen molar-refractivity contribution in [2.24, 2.45) is 7.05 Å².